The van der Waals surface area contributed by atoms with Crippen molar-refractivity contribution in [2.45, 2.75) is 16.7 Å². The van der Waals surface area contributed by atoms with Crippen LogP contribution in [0, 0.1) is 18.8 Å². The summed E-state index contributed by atoms with van der Waals surface area (Å²) in [6.07, 6.45) is 0. The van der Waals surface area contributed by atoms with Gasteiger partial charge in [0, 0.05) is 4.47 Å². The lowest BCUT2D eigenvalue weighted by atomic mass is 9.54. The molecule has 0 N–H and O–H groups in total. The minimum atomic E-state index is -1.15. The molecule has 1 aliphatic heterocycles. The maximum Gasteiger partial charge on any atom is 0.240 e. The third-order valence-corrected chi connectivity index (χ3v) is 8.76. The summed E-state index contributed by atoms with van der Waals surface area (Å²) in [5, 5.41) is 0. The molecule has 2 bridgehead atoms. The van der Waals surface area contributed by atoms with Crippen LogP contribution in [0.5, 0.6) is 0 Å². The number of hydrogen-bond donors (Lipinski definition) is 0. The largest absolute Gasteiger partial charge is 0.274 e. The number of nitrogens with zero attached hydrogens (tertiary/aromatic N) is 1. The minimum absolute atomic E-state index is 0.301. The molecule has 2 amide bonds. The van der Waals surface area contributed by atoms with Crippen LogP contribution in [0.15, 0.2) is 71.2 Å². The Labute approximate surface area is 198 Å². The zero-order valence-corrected chi connectivity index (χ0v) is 19.5. The molecule has 1 fully saturated rings. The third-order valence-electron chi connectivity index (χ3n) is 6.99. The molecule has 3 aromatic carbocycles. The van der Waals surface area contributed by atoms with E-state index in [4.69, 9.17) is 23.2 Å². The number of anilines is 1. The second kappa shape index (κ2) is 6.22. The molecule has 0 radical (unpaired) electrons. The van der Waals surface area contributed by atoms with Gasteiger partial charge in [-0.2, -0.15) is 0 Å². The first-order chi connectivity index (χ1) is 14.8. The number of alkyl halides is 2. The number of hydrogen-bond acceptors (Lipinski definition) is 2. The van der Waals surface area contributed by atoms with E-state index in [1.54, 1.807) is 6.07 Å². The maximum absolute atomic E-state index is 13.9. The van der Waals surface area contributed by atoms with Gasteiger partial charge in [-0.3, -0.25) is 9.59 Å². The van der Waals surface area contributed by atoms with E-state index in [-0.39, 0.29) is 11.8 Å². The van der Waals surface area contributed by atoms with E-state index in [9.17, 15) is 9.59 Å². The molecule has 4 aliphatic rings. The lowest BCUT2D eigenvalue weighted by molar-refractivity contribution is -0.122. The molecule has 3 aromatic rings. The summed E-state index contributed by atoms with van der Waals surface area (Å²) in [6.45, 7) is 1.88. The molecular formula is C25H16BrCl2NO2. The van der Waals surface area contributed by atoms with Gasteiger partial charge in [-0.25, -0.2) is 4.90 Å². The molecular weight excluding hydrogens is 497 g/mol. The maximum atomic E-state index is 13.9. The Morgan fingerprint density at radius 2 is 1.19 bits per heavy atom. The van der Waals surface area contributed by atoms with Crippen LogP contribution in [0.3, 0.4) is 0 Å². The number of halogens is 3. The number of amides is 2. The second-order valence-electron chi connectivity index (χ2n) is 8.41. The molecule has 0 unspecified atom stereocenters. The SMILES string of the molecule is Cc1cc(Br)ccc1N1C(=O)[C@@H]2[C@@H](C1=O)C1(Cl)c3ccccc3C2(Cl)c2ccccc21. The van der Waals surface area contributed by atoms with E-state index in [0.29, 0.717) is 5.69 Å². The van der Waals surface area contributed by atoms with Gasteiger partial charge in [-0.15, -0.1) is 23.2 Å². The van der Waals surface area contributed by atoms with Crippen LogP contribution in [-0.2, 0) is 19.3 Å². The average Bonchev–Trinajstić information content (AvgIpc) is 3.04. The van der Waals surface area contributed by atoms with Crippen LogP contribution in [0.25, 0.3) is 0 Å². The van der Waals surface area contributed by atoms with Crippen molar-refractivity contribution in [1.29, 1.82) is 0 Å². The van der Waals surface area contributed by atoms with Crippen molar-refractivity contribution in [3.63, 3.8) is 0 Å². The van der Waals surface area contributed by atoms with Crippen molar-refractivity contribution in [1.82, 2.24) is 0 Å². The quantitative estimate of drug-likeness (QED) is 0.302. The highest BCUT2D eigenvalue weighted by Crippen LogP contribution is 2.69. The zero-order chi connectivity index (χ0) is 21.7. The first-order valence-corrected chi connectivity index (χ1v) is 11.6. The zero-order valence-electron chi connectivity index (χ0n) is 16.4. The van der Waals surface area contributed by atoms with E-state index in [2.05, 4.69) is 15.9 Å². The molecule has 6 heteroatoms. The van der Waals surface area contributed by atoms with Gasteiger partial charge in [-0.1, -0.05) is 64.5 Å². The van der Waals surface area contributed by atoms with Gasteiger partial charge in [0.05, 0.1) is 17.5 Å². The van der Waals surface area contributed by atoms with Gasteiger partial charge in [0.2, 0.25) is 11.8 Å². The van der Waals surface area contributed by atoms with Gasteiger partial charge < -0.3 is 0 Å². The van der Waals surface area contributed by atoms with Crippen molar-refractivity contribution >= 4 is 56.6 Å². The standard InChI is InChI=1S/C25H16BrCl2NO2/c1-13-12-14(26)10-11-19(13)29-22(30)20-21(23(29)31)25(28)16-7-3-2-6-15(16)24(20,27)17-8-4-5-9-18(17)25/h2-12,20-21H,1H3/t20-,21-,24?,25?/m0/s1. The highest BCUT2D eigenvalue weighted by molar-refractivity contribution is 9.10. The lowest BCUT2D eigenvalue weighted by Gasteiger charge is -2.54. The van der Waals surface area contributed by atoms with Crippen LogP contribution in [0.4, 0.5) is 5.69 Å². The van der Waals surface area contributed by atoms with E-state index < -0.39 is 21.6 Å². The van der Waals surface area contributed by atoms with Gasteiger partial charge >= 0.3 is 0 Å². The highest BCUT2D eigenvalue weighted by atomic mass is 79.9. The fourth-order valence-electron chi connectivity index (χ4n) is 5.77. The summed E-state index contributed by atoms with van der Waals surface area (Å²) in [7, 11) is 0. The Bertz CT molecular complexity index is 1200. The van der Waals surface area contributed by atoms with Crippen LogP contribution < -0.4 is 4.90 Å². The molecule has 7 rings (SSSR count). The Morgan fingerprint density at radius 3 is 1.58 bits per heavy atom. The molecule has 0 saturated carbocycles. The van der Waals surface area contributed by atoms with Crippen LogP contribution >= 0.6 is 39.1 Å². The minimum Gasteiger partial charge on any atom is -0.274 e. The van der Waals surface area contributed by atoms with E-state index in [1.807, 2.05) is 67.6 Å². The summed E-state index contributed by atoms with van der Waals surface area (Å²) in [5.74, 6) is -2.17. The topological polar surface area (TPSA) is 37.4 Å². The smallest absolute Gasteiger partial charge is 0.240 e. The van der Waals surface area contributed by atoms with Gasteiger partial charge in [0.1, 0.15) is 9.75 Å². The summed E-state index contributed by atoms with van der Waals surface area (Å²) >= 11 is 18.3. The number of aryl methyl sites for hydroxylation is 1. The van der Waals surface area contributed by atoms with E-state index in [0.717, 1.165) is 32.3 Å². The van der Waals surface area contributed by atoms with E-state index in [1.165, 1.54) is 4.90 Å². The molecule has 3 aliphatic carbocycles. The monoisotopic (exact) mass is 511 g/mol. The number of rotatable bonds is 1. The Morgan fingerprint density at radius 1 is 0.774 bits per heavy atom. The summed E-state index contributed by atoms with van der Waals surface area (Å²) in [5.41, 5.74) is 4.62. The average molecular weight is 513 g/mol. The first kappa shape index (κ1) is 19.5. The predicted molar refractivity (Wildman–Crippen MR) is 125 cm³/mol. The molecule has 1 heterocycles. The Balaban J connectivity index is 1.66. The molecule has 1 saturated heterocycles. The van der Waals surface area contributed by atoms with Crippen molar-refractivity contribution in [2.75, 3.05) is 4.90 Å². The second-order valence-corrected chi connectivity index (χ2v) is 10.5. The van der Waals surface area contributed by atoms with Gasteiger partial charge in [-0.05, 0) is 52.9 Å². The lowest BCUT2D eigenvalue weighted by Crippen LogP contribution is -2.57. The normalized spacial score (nSPS) is 30.3. The highest BCUT2D eigenvalue weighted by Gasteiger charge is 2.73. The Hall–Kier alpha value is -2.14. The van der Waals surface area contributed by atoms with Gasteiger partial charge in [0.25, 0.3) is 0 Å². The van der Waals surface area contributed by atoms with Gasteiger partial charge in [0.15, 0.2) is 0 Å². The molecule has 0 aromatic heterocycles. The third kappa shape index (κ3) is 2.16. The Kier molecular flexibility index (Phi) is 3.92. The van der Waals surface area contributed by atoms with Crippen LogP contribution in [0.1, 0.15) is 27.8 Å². The molecule has 3 nitrogen and oxygen atoms in total. The molecule has 0 spiro atoms. The van der Waals surface area contributed by atoms with Crippen LogP contribution in [0.2, 0.25) is 0 Å². The predicted octanol–water partition coefficient (Wildman–Crippen LogP) is 5.86. The van der Waals surface area contributed by atoms with E-state index >= 15 is 0 Å². The summed E-state index contributed by atoms with van der Waals surface area (Å²) in [4.78, 5) is 26.8. The molecule has 31 heavy (non-hydrogen) atoms. The van der Waals surface area contributed by atoms with Crippen molar-refractivity contribution in [2.24, 2.45) is 11.8 Å². The van der Waals surface area contributed by atoms with Crippen molar-refractivity contribution in [3.8, 4) is 0 Å². The number of benzene rings is 3. The summed E-state index contributed by atoms with van der Waals surface area (Å²) < 4.78 is 0.882. The van der Waals surface area contributed by atoms with Crippen molar-refractivity contribution in [3.05, 3.63) is 99.0 Å². The first-order valence-electron chi connectivity index (χ1n) is 10.0. The molecule has 2 atom stereocenters. The fraction of sp³-hybridized carbons (Fsp3) is 0.200. The molecule has 154 valence electrons. The summed E-state index contributed by atoms with van der Waals surface area (Å²) in [6, 6.07) is 20.8. The fourth-order valence-corrected chi connectivity index (χ4v) is 7.35. The number of imide groups is 1. The number of carbonyl (C=O) groups excluding carboxylic acids is 2. The van der Waals surface area contributed by atoms with Crippen LogP contribution in [-0.4, -0.2) is 11.8 Å². The number of carbonyl (C=O) groups is 2. The van der Waals surface area contributed by atoms with Crippen molar-refractivity contribution < 1.29 is 9.59 Å².